The Kier molecular flexibility index (Phi) is 5.32. The van der Waals surface area contributed by atoms with E-state index in [-0.39, 0.29) is 12.8 Å². The van der Waals surface area contributed by atoms with Crippen molar-refractivity contribution in [1.82, 2.24) is 4.90 Å². The summed E-state index contributed by atoms with van der Waals surface area (Å²) in [6, 6.07) is 11.4. The van der Waals surface area contributed by atoms with Crippen LogP contribution in [0.4, 0.5) is 0 Å². The molecule has 4 N–H and O–H groups in total. The highest BCUT2D eigenvalue weighted by atomic mass is 16.5. The normalized spacial score (nSPS) is 24.4. The highest BCUT2D eigenvalue weighted by Gasteiger charge is 2.39. The summed E-state index contributed by atoms with van der Waals surface area (Å²) < 4.78 is 11.1. The highest BCUT2D eigenvalue weighted by molar-refractivity contribution is 5.50. The SMILES string of the molecule is COc1cc2c(cc1OCN)CCN1C[C@@H](c3cc(C)ccc3C)[C@H](N)C[C@H]21. The maximum Gasteiger partial charge on any atom is 0.163 e. The zero-order valence-corrected chi connectivity index (χ0v) is 17.1. The number of hydrogen-bond donors (Lipinski definition) is 2. The second-order valence-electron chi connectivity index (χ2n) is 8.14. The third-order valence-electron chi connectivity index (χ3n) is 6.41. The van der Waals surface area contributed by atoms with Crippen molar-refractivity contribution in [3.05, 3.63) is 58.1 Å². The molecule has 4 rings (SSSR count). The molecule has 5 nitrogen and oxygen atoms in total. The van der Waals surface area contributed by atoms with Gasteiger partial charge in [-0.1, -0.05) is 23.8 Å². The van der Waals surface area contributed by atoms with E-state index in [1.807, 2.05) is 0 Å². The maximum atomic E-state index is 6.74. The minimum Gasteiger partial charge on any atom is -0.493 e. The minimum atomic E-state index is 0.138. The Morgan fingerprint density at radius 1 is 1.11 bits per heavy atom. The number of methoxy groups -OCH3 is 1. The van der Waals surface area contributed by atoms with Crippen molar-refractivity contribution in [2.75, 3.05) is 26.9 Å². The molecule has 0 saturated carbocycles. The van der Waals surface area contributed by atoms with Gasteiger partial charge in [-0.05, 0) is 61.1 Å². The molecule has 0 aliphatic carbocycles. The number of hydrogen-bond acceptors (Lipinski definition) is 5. The molecule has 2 aromatic rings. The van der Waals surface area contributed by atoms with E-state index in [9.17, 15) is 0 Å². The van der Waals surface area contributed by atoms with Gasteiger partial charge in [0.2, 0.25) is 0 Å². The van der Waals surface area contributed by atoms with Gasteiger partial charge in [0.05, 0.1) is 7.11 Å². The molecular formula is C23H31N3O2. The summed E-state index contributed by atoms with van der Waals surface area (Å²) in [7, 11) is 1.68. The first-order chi connectivity index (χ1) is 13.5. The Labute approximate surface area is 167 Å². The number of nitrogens with two attached hydrogens (primary N) is 2. The standard InChI is InChI=1S/C23H31N3O2/c1-14-4-5-15(2)17(8-14)19-12-26-7-6-16-9-23(28-13-24)22(27-3)10-18(16)21(26)11-20(19)25/h4-5,8-10,19-21H,6-7,11-13,24-25H2,1-3H3/t19-,20+,21+/m0/s1. The second kappa shape index (κ2) is 7.74. The molecule has 1 fully saturated rings. The van der Waals surface area contributed by atoms with Gasteiger partial charge in [-0.25, -0.2) is 0 Å². The predicted octanol–water partition coefficient (Wildman–Crippen LogP) is 3.02. The lowest BCUT2D eigenvalue weighted by Crippen LogP contribution is -2.49. The molecule has 2 aliphatic rings. The average molecular weight is 382 g/mol. The molecule has 5 heteroatoms. The summed E-state index contributed by atoms with van der Waals surface area (Å²) in [6.07, 6.45) is 1.96. The van der Waals surface area contributed by atoms with Crippen molar-refractivity contribution >= 4 is 0 Å². The lowest BCUT2D eigenvalue weighted by atomic mass is 9.77. The van der Waals surface area contributed by atoms with Crippen LogP contribution in [-0.2, 0) is 6.42 Å². The van der Waals surface area contributed by atoms with Crippen LogP contribution in [0.3, 0.4) is 0 Å². The number of benzene rings is 2. The van der Waals surface area contributed by atoms with Crippen LogP contribution >= 0.6 is 0 Å². The summed E-state index contributed by atoms with van der Waals surface area (Å²) in [6.45, 7) is 6.54. The molecule has 2 aromatic carbocycles. The highest BCUT2D eigenvalue weighted by Crippen LogP contribution is 2.44. The number of piperidine rings is 1. The lowest BCUT2D eigenvalue weighted by molar-refractivity contribution is 0.109. The summed E-state index contributed by atoms with van der Waals surface area (Å²) in [5, 5.41) is 0. The van der Waals surface area contributed by atoms with E-state index < -0.39 is 0 Å². The van der Waals surface area contributed by atoms with Crippen LogP contribution < -0.4 is 20.9 Å². The first-order valence-electron chi connectivity index (χ1n) is 10.1. The van der Waals surface area contributed by atoms with Crippen molar-refractivity contribution in [2.24, 2.45) is 11.5 Å². The summed E-state index contributed by atoms with van der Waals surface area (Å²) in [4.78, 5) is 2.60. The van der Waals surface area contributed by atoms with Crippen LogP contribution in [-0.4, -0.2) is 37.9 Å². The monoisotopic (exact) mass is 381 g/mol. The van der Waals surface area contributed by atoms with E-state index >= 15 is 0 Å². The maximum absolute atomic E-state index is 6.74. The van der Waals surface area contributed by atoms with Gasteiger partial charge in [0, 0.05) is 31.1 Å². The fourth-order valence-corrected chi connectivity index (χ4v) is 4.92. The molecule has 2 heterocycles. The Morgan fingerprint density at radius 3 is 2.68 bits per heavy atom. The van der Waals surface area contributed by atoms with E-state index in [1.54, 1.807) is 7.11 Å². The fourth-order valence-electron chi connectivity index (χ4n) is 4.92. The van der Waals surface area contributed by atoms with E-state index in [1.165, 1.54) is 27.8 Å². The number of rotatable bonds is 4. The first kappa shape index (κ1) is 19.2. The predicted molar refractivity (Wildman–Crippen MR) is 112 cm³/mol. The first-order valence-corrected chi connectivity index (χ1v) is 10.1. The van der Waals surface area contributed by atoms with E-state index in [4.69, 9.17) is 20.9 Å². The van der Waals surface area contributed by atoms with Gasteiger partial charge in [-0.3, -0.25) is 10.6 Å². The number of fused-ring (bicyclic) bond motifs is 3. The number of ether oxygens (including phenoxy) is 2. The molecule has 3 atom stereocenters. The minimum absolute atomic E-state index is 0.138. The van der Waals surface area contributed by atoms with Gasteiger partial charge in [0.15, 0.2) is 11.5 Å². The van der Waals surface area contributed by atoms with Crippen LogP contribution in [0.1, 0.15) is 46.2 Å². The summed E-state index contributed by atoms with van der Waals surface area (Å²) in [5.74, 6) is 1.85. The van der Waals surface area contributed by atoms with Crippen molar-refractivity contribution in [2.45, 2.75) is 44.7 Å². The summed E-state index contributed by atoms with van der Waals surface area (Å²) >= 11 is 0. The van der Waals surface area contributed by atoms with E-state index in [2.05, 4.69) is 49.1 Å². The third-order valence-corrected chi connectivity index (χ3v) is 6.41. The quantitative estimate of drug-likeness (QED) is 0.797. The van der Waals surface area contributed by atoms with Crippen LogP contribution in [0.15, 0.2) is 30.3 Å². The number of nitrogens with zero attached hydrogens (tertiary/aromatic N) is 1. The van der Waals surface area contributed by atoms with Gasteiger partial charge < -0.3 is 15.2 Å². The molecule has 2 aliphatic heterocycles. The Hall–Kier alpha value is -2.08. The average Bonchev–Trinajstić information content (AvgIpc) is 2.69. The van der Waals surface area contributed by atoms with Crippen molar-refractivity contribution in [3.8, 4) is 11.5 Å². The zero-order chi connectivity index (χ0) is 19.8. The molecule has 0 bridgehead atoms. The van der Waals surface area contributed by atoms with Gasteiger partial charge in [-0.15, -0.1) is 0 Å². The Balaban J connectivity index is 1.65. The lowest BCUT2D eigenvalue weighted by Gasteiger charge is -2.46. The van der Waals surface area contributed by atoms with Crippen LogP contribution in [0.25, 0.3) is 0 Å². The molecule has 0 aromatic heterocycles. The molecule has 0 unspecified atom stereocenters. The largest absolute Gasteiger partial charge is 0.493 e. The molecular weight excluding hydrogens is 350 g/mol. The Bertz CT molecular complexity index is 867. The van der Waals surface area contributed by atoms with E-state index in [0.717, 1.165) is 37.4 Å². The van der Waals surface area contributed by atoms with Crippen molar-refractivity contribution < 1.29 is 9.47 Å². The zero-order valence-electron chi connectivity index (χ0n) is 17.1. The second-order valence-corrected chi connectivity index (χ2v) is 8.14. The fraction of sp³-hybridized carbons (Fsp3) is 0.478. The van der Waals surface area contributed by atoms with Crippen LogP contribution in [0.5, 0.6) is 11.5 Å². The van der Waals surface area contributed by atoms with E-state index in [0.29, 0.717) is 12.0 Å². The topological polar surface area (TPSA) is 73.7 Å². The molecule has 0 amide bonds. The molecule has 0 radical (unpaired) electrons. The molecule has 28 heavy (non-hydrogen) atoms. The Morgan fingerprint density at radius 2 is 1.93 bits per heavy atom. The van der Waals surface area contributed by atoms with Crippen molar-refractivity contribution in [3.63, 3.8) is 0 Å². The molecule has 0 spiro atoms. The van der Waals surface area contributed by atoms with Crippen LogP contribution in [0, 0.1) is 13.8 Å². The smallest absolute Gasteiger partial charge is 0.163 e. The molecule has 1 saturated heterocycles. The van der Waals surface area contributed by atoms with Crippen molar-refractivity contribution in [1.29, 1.82) is 0 Å². The molecule has 150 valence electrons. The van der Waals surface area contributed by atoms with Gasteiger partial charge in [0.25, 0.3) is 0 Å². The third kappa shape index (κ3) is 3.39. The van der Waals surface area contributed by atoms with Gasteiger partial charge in [-0.2, -0.15) is 0 Å². The number of aryl methyl sites for hydroxylation is 2. The van der Waals surface area contributed by atoms with Gasteiger partial charge >= 0.3 is 0 Å². The summed E-state index contributed by atoms with van der Waals surface area (Å²) in [5.41, 5.74) is 19.0. The van der Waals surface area contributed by atoms with Crippen LogP contribution in [0.2, 0.25) is 0 Å². The van der Waals surface area contributed by atoms with Gasteiger partial charge in [0.1, 0.15) is 6.73 Å².